The van der Waals surface area contributed by atoms with Crippen LogP contribution in [0.1, 0.15) is 44.1 Å². The summed E-state index contributed by atoms with van der Waals surface area (Å²) in [5.74, 6) is 0.562. The number of hydrogen-bond donors (Lipinski definition) is 0. The molecule has 0 N–H and O–H groups in total. The van der Waals surface area contributed by atoms with Gasteiger partial charge in [-0.05, 0) is 80.2 Å². The molecule has 0 aromatic heterocycles. The Hall–Kier alpha value is -2.73. The lowest BCUT2D eigenvalue weighted by Crippen LogP contribution is -2.45. The van der Waals surface area contributed by atoms with Crippen molar-refractivity contribution in [3.63, 3.8) is 0 Å². The minimum absolute atomic E-state index is 0.151. The molecule has 6 heteroatoms. The highest BCUT2D eigenvalue weighted by Gasteiger charge is 2.43. The first-order chi connectivity index (χ1) is 14.6. The fraction of sp³-hybridized carbons (Fsp3) is 0.417. The second kappa shape index (κ2) is 8.96. The van der Waals surface area contributed by atoms with Crippen LogP contribution in [0.5, 0.6) is 5.75 Å². The maximum absolute atomic E-state index is 13.2. The van der Waals surface area contributed by atoms with Crippen LogP contribution in [-0.4, -0.2) is 42.5 Å². The van der Waals surface area contributed by atoms with Gasteiger partial charge >= 0.3 is 0 Å². The van der Waals surface area contributed by atoms with Crippen LogP contribution in [0.2, 0.25) is 0 Å². The van der Waals surface area contributed by atoms with Crippen LogP contribution in [-0.2, 0) is 9.59 Å². The molecule has 5 nitrogen and oxygen atoms in total. The Balaban J connectivity index is 1.39. The normalized spacial score (nSPS) is 20.7. The lowest BCUT2D eigenvalue weighted by atomic mass is 9.89. The van der Waals surface area contributed by atoms with E-state index < -0.39 is 6.04 Å². The smallest absolute Gasteiger partial charge is 0.251 e. The van der Waals surface area contributed by atoms with E-state index in [1.54, 1.807) is 24.3 Å². The number of anilines is 1. The van der Waals surface area contributed by atoms with Crippen LogP contribution >= 0.6 is 0 Å². The molecule has 2 saturated heterocycles. The topological polar surface area (TPSA) is 49.9 Å². The lowest BCUT2D eigenvalue weighted by molar-refractivity contribution is -0.123. The van der Waals surface area contributed by atoms with E-state index in [0.29, 0.717) is 18.2 Å². The maximum atomic E-state index is 13.2. The summed E-state index contributed by atoms with van der Waals surface area (Å²) in [5.41, 5.74) is 1.73. The molecule has 2 aromatic carbocycles. The van der Waals surface area contributed by atoms with Gasteiger partial charge in [0, 0.05) is 0 Å². The van der Waals surface area contributed by atoms with Gasteiger partial charge < -0.3 is 4.74 Å². The van der Waals surface area contributed by atoms with E-state index in [9.17, 15) is 14.0 Å². The van der Waals surface area contributed by atoms with Gasteiger partial charge in [-0.1, -0.05) is 19.1 Å². The van der Waals surface area contributed by atoms with E-state index in [-0.39, 0.29) is 24.1 Å². The zero-order valence-electron chi connectivity index (χ0n) is 17.2. The van der Waals surface area contributed by atoms with Crippen LogP contribution in [0.25, 0.3) is 0 Å². The minimum atomic E-state index is -0.400. The number of ether oxygens (including phenoxy) is 1. The number of likely N-dealkylation sites (tertiary alicyclic amines) is 1. The van der Waals surface area contributed by atoms with Crippen molar-refractivity contribution in [2.24, 2.45) is 0 Å². The number of carbonyl (C=O) groups is 2. The molecular weight excluding hydrogens is 383 g/mol. The quantitative estimate of drug-likeness (QED) is 0.672. The highest BCUT2D eigenvalue weighted by molar-refractivity contribution is 6.22. The third-order valence-electron chi connectivity index (χ3n) is 6.00. The number of hydrogen-bond acceptors (Lipinski definition) is 4. The average molecular weight is 410 g/mol. The van der Waals surface area contributed by atoms with Crippen molar-refractivity contribution >= 4 is 17.5 Å². The number of imide groups is 1. The van der Waals surface area contributed by atoms with Crippen molar-refractivity contribution < 1.29 is 18.7 Å². The summed E-state index contributed by atoms with van der Waals surface area (Å²) in [7, 11) is 0. The molecule has 1 atom stereocenters. The molecule has 0 unspecified atom stereocenters. The predicted molar refractivity (Wildman–Crippen MR) is 113 cm³/mol. The largest absolute Gasteiger partial charge is 0.494 e. The van der Waals surface area contributed by atoms with E-state index in [1.807, 2.05) is 19.1 Å². The van der Waals surface area contributed by atoms with Crippen molar-refractivity contribution in [2.45, 2.75) is 44.6 Å². The first-order valence-corrected chi connectivity index (χ1v) is 10.7. The molecule has 158 valence electrons. The van der Waals surface area contributed by atoms with Gasteiger partial charge in [-0.3, -0.25) is 14.5 Å². The summed E-state index contributed by atoms with van der Waals surface area (Å²) in [6.07, 6.45) is 2.93. The molecule has 2 heterocycles. The zero-order chi connectivity index (χ0) is 21.1. The third kappa shape index (κ3) is 4.24. The van der Waals surface area contributed by atoms with E-state index in [4.69, 9.17) is 4.74 Å². The van der Waals surface area contributed by atoms with E-state index in [2.05, 4.69) is 4.90 Å². The Bertz CT molecular complexity index is 890. The van der Waals surface area contributed by atoms with Gasteiger partial charge in [-0.25, -0.2) is 9.29 Å². The lowest BCUT2D eigenvalue weighted by Gasteiger charge is -2.35. The van der Waals surface area contributed by atoms with Gasteiger partial charge in [-0.2, -0.15) is 0 Å². The van der Waals surface area contributed by atoms with Crippen LogP contribution in [0.4, 0.5) is 10.1 Å². The Morgan fingerprint density at radius 2 is 1.67 bits per heavy atom. The zero-order valence-corrected chi connectivity index (χ0v) is 17.2. The summed E-state index contributed by atoms with van der Waals surface area (Å²) < 4.78 is 18.7. The maximum Gasteiger partial charge on any atom is 0.251 e. The molecule has 2 aliphatic rings. The molecule has 30 heavy (non-hydrogen) atoms. The molecule has 4 rings (SSSR count). The SMILES string of the molecule is CCCOc1ccc(N2C(=O)C[C@H](N3CCC(c4ccc(F)cc4)CC3)C2=O)cc1. The van der Waals surface area contributed by atoms with Gasteiger partial charge in [-0.15, -0.1) is 0 Å². The number of rotatable bonds is 6. The molecule has 2 aromatic rings. The molecule has 2 fully saturated rings. The average Bonchev–Trinajstić information content (AvgIpc) is 3.07. The van der Waals surface area contributed by atoms with E-state index in [0.717, 1.165) is 43.7 Å². The van der Waals surface area contributed by atoms with Gasteiger partial charge in [0.2, 0.25) is 5.91 Å². The summed E-state index contributed by atoms with van der Waals surface area (Å²) in [6.45, 7) is 4.18. The fourth-order valence-electron chi connectivity index (χ4n) is 4.36. The van der Waals surface area contributed by atoms with Crippen LogP contribution in [0, 0.1) is 5.82 Å². The molecule has 2 aliphatic heterocycles. The van der Waals surface area contributed by atoms with Crippen molar-refractivity contribution in [1.29, 1.82) is 0 Å². The number of halogens is 1. The first kappa shape index (κ1) is 20.5. The van der Waals surface area contributed by atoms with Crippen LogP contribution in [0.3, 0.4) is 0 Å². The van der Waals surface area contributed by atoms with Crippen molar-refractivity contribution in [1.82, 2.24) is 4.90 Å². The second-order valence-electron chi connectivity index (χ2n) is 7.99. The number of piperidine rings is 1. The fourth-order valence-corrected chi connectivity index (χ4v) is 4.36. The van der Waals surface area contributed by atoms with Crippen molar-refractivity contribution in [3.05, 3.63) is 59.9 Å². The van der Waals surface area contributed by atoms with Gasteiger partial charge in [0.05, 0.1) is 24.8 Å². The molecule has 0 radical (unpaired) electrons. The summed E-state index contributed by atoms with van der Waals surface area (Å²) in [4.78, 5) is 29.1. The Morgan fingerprint density at radius 1 is 1.00 bits per heavy atom. The Labute approximate surface area is 176 Å². The van der Waals surface area contributed by atoms with Crippen molar-refractivity contribution in [2.75, 3.05) is 24.6 Å². The minimum Gasteiger partial charge on any atom is -0.494 e. The summed E-state index contributed by atoms with van der Waals surface area (Å²) in [6, 6.07) is 13.4. The molecule has 0 bridgehead atoms. The molecular formula is C24H27FN2O3. The summed E-state index contributed by atoms with van der Waals surface area (Å²) in [5, 5.41) is 0. The van der Waals surface area contributed by atoms with E-state index >= 15 is 0 Å². The first-order valence-electron chi connectivity index (χ1n) is 10.7. The highest BCUT2D eigenvalue weighted by atomic mass is 19.1. The van der Waals surface area contributed by atoms with Gasteiger partial charge in [0.15, 0.2) is 0 Å². The van der Waals surface area contributed by atoms with E-state index in [1.165, 1.54) is 17.0 Å². The number of amides is 2. The monoisotopic (exact) mass is 410 g/mol. The second-order valence-corrected chi connectivity index (χ2v) is 7.99. The Morgan fingerprint density at radius 3 is 2.30 bits per heavy atom. The summed E-state index contributed by atoms with van der Waals surface area (Å²) >= 11 is 0. The van der Waals surface area contributed by atoms with Crippen molar-refractivity contribution in [3.8, 4) is 5.75 Å². The van der Waals surface area contributed by atoms with Crippen LogP contribution < -0.4 is 9.64 Å². The molecule has 0 saturated carbocycles. The third-order valence-corrected chi connectivity index (χ3v) is 6.00. The number of nitrogens with zero attached hydrogens (tertiary/aromatic N) is 2. The highest BCUT2D eigenvalue weighted by Crippen LogP contribution is 2.33. The molecule has 0 aliphatic carbocycles. The number of benzene rings is 2. The molecule has 0 spiro atoms. The Kier molecular flexibility index (Phi) is 6.13. The number of carbonyl (C=O) groups excluding carboxylic acids is 2. The van der Waals surface area contributed by atoms with Gasteiger partial charge in [0.1, 0.15) is 11.6 Å². The predicted octanol–water partition coefficient (Wildman–Crippen LogP) is 4.13. The van der Waals surface area contributed by atoms with Crippen LogP contribution in [0.15, 0.2) is 48.5 Å². The molecule has 2 amide bonds. The standard InChI is InChI=1S/C24H27FN2O3/c1-2-15-30-21-9-7-20(8-10-21)27-23(28)16-22(24(27)29)26-13-11-18(12-14-26)17-3-5-19(25)6-4-17/h3-10,18,22H,2,11-16H2,1H3/t22-/m0/s1. The van der Waals surface area contributed by atoms with Gasteiger partial charge in [0.25, 0.3) is 5.91 Å².